The first-order chi connectivity index (χ1) is 7.13. The molecule has 90 valence electrons. The lowest BCUT2D eigenvalue weighted by atomic mass is 9.86. The summed E-state index contributed by atoms with van der Waals surface area (Å²) in [6.07, 6.45) is 6.28. The third-order valence-electron chi connectivity index (χ3n) is 3.70. The van der Waals surface area contributed by atoms with Gasteiger partial charge in [-0.2, -0.15) is 0 Å². The molecule has 0 spiro atoms. The number of aliphatic hydroxyl groups excluding tert-OH is 1. The summed E-state index contributed by atoms with van der Waals surface area (Å²) in [5.41, 5.74) is 5.70. The van der Waals surface area contributed by atoms with Crippen LogP contribution in [-0.4, -0.2) is 42.3 Å². The molecule has 0 aromatic rings. The van der Waals surface area contributed by atoms with Crippen LogP contribution < -0.4 is 5.73 Å². The highest BCUT2D eigenvalue weighted by Gasteiger charge is 2.21. The fourth-order valence-electron chi connectivity index (χ4n) is 2.33. The van der Waals surface area contributed by atoms with Gasteiger partial charge in [0.15, 0.2) is 0 Å². The summed E-state index contributed by atoms with van der Waals surface area (Å²) in [4.78, 5) is 2.42. The summed E-state index contributed by atoms with van der Waals surface area (Å²) in [6.45, 7) is 3.47. The fourth-order valence-corrected chi connectivity index (χ4v) is 2.33. The zero-order valence-corrected chi connectivity index (χ0v) is 10.2. The van der Waals surface area contributed by atoms with Crippen molar-refractivity contribution in [2.24, 2.45) is 11.7 Å². The first-order valence-corrected chi connectivity index (χ1v) is 6.20. The normalized spacial score (nSPS) is 29.4. The summed E-state index contributed by atoms with van der Waals surface area (Å²) in [6, 6.07) is 0.696. The minimum Gasteiger partial charge on any atom is -0.395 e. The van der Waals surface area contributed by atoms with Crippen LogP contribution in [0, 0.1) is 5.92 Å². The Kier molecular flexibility index (Phi) is 5.58. The van der Waals surface area contributed by atoms with Gasteiger partial charge in [0.05, 0.1) is 6.61 Å². The molecule has 3 heteroatoms. The van der Waals surface area contributed by atoms with E-state index in [9.17, 15) is 0 Å². The van der Waals surface area contributed by atoms with Crippen LogP contribution in [0.1, 0.15) is 39.0 Å². The van der Waals surface area contributed by atoms with E-state index in [0.29, 0.717) is 0 Å². The molecule has 1 rings (SSSR count). The van der Waals surface area contributed by atoms with E-state index >= 15 is 0 Å². The molecule has 3 nitrogen and oxygen atoms in total. The third-order valence-corrected chi connectivity index (χ3v) is 3.70. The quantitative estimate of drug-likeness (QED) is 0.723. The van der Waals surface area contributed by atoms with Gasteiger partial charge in [-0.05, 0) is 51.6 Å². The predicted molar refractivity (Wildman–Crippen MR) is 63.7 cm³/mol. The third kappa shape index (κ3) is 4.49. The van der Waals surface area contributed by atoms with E-state index in [1.165, 1.54) is 25.7 Å². The molecule has 0 heterocycles. The van der Waals surface area contributed by atoms with Crippen molar-refractivity contribution in [3.63, 3.8) is 0 Å². The lowest BCUT2D eigenvalue weighted by Crippen LogP contribution is -2.38. The van der Waals surface area contributed by atoms with E-state index in [0.717, 1.165) is 24.9 Å². The van der Waals surface area contributed by atoms with Crippen LogP contribution in [0.5, 0.6) is 0 Å². The smallest absolute Gasteiger partial charge is 0.0583 e. The minimum absolute atomic E-state index is 0.0463. The zero-order valence-electron chi connectivity index (χ0n) is 10.2. The number of hydrogen-bond donors (Lipinski definition) is 2. The Morgan fingerprint density at radius 3 is 2.47 bits per heavy atom. The number of nitrogens with two attached hydrogens (primary N) is 1. The van der Waals surface area contributed by atoms with Gasteiger partial charge in [-0.25, -0.2) is 0 Å². The van der Waals surface area contributed by atoms with Gasteiger partial charge >= 0.3 is 0 Å². The van der Waals surface area contributed by atoms with Gasteiger partial charge in [-0.3, -0.25) is 0 Å². The highest BCUT2D eigenvalue weighted by Crippen LogP contribution is 2.26. The summed E-state index contributed by atoms with van der Waals surface area (Å²) < 4.78 is 0. The van der Waals surface area contributed by atoms with Crippen molar-refractivity contribution >= 4 is 0 Å². The van der Waals surface area contributed by atoms with Crippen molar-refractivity contribution in [3.8, 4) is 0 Å². The number of nitrogens with zero attached hydrogens (tertiary/aromatic N) is 1. The van der Waals surface area contributed by atoms with Crippen LogP contribution in [-0.2, 0) is 0 Å². The number of aliphatic hydroxyl groups is 1. The standard InChI is InChI=1S/C12H26N2O/c1-10-3-5-12(6-4-10)14(2)8-7-11(13)9-15/h10-12,15H,3-9,13H2,1-2H3. The van der Waals surface area contributed by atoms with Gasteiger partial charge in [0.1, 0.15) is 0 Å². The lowest BCUT2D eigenvalue weighted by molar-refractivity contribution is 0.159. The average Bonchev–Trinajstić information content (AvgIpc) is 2.26. The molecule has 1 fully saturated rings. The van der Waals surface area contributed by atoms with Crippen molar-refractivity contribution in [1.29, 1.82) is 0 Å². The van der Waals surface area contributed by atoms with Crippen LogP contribution in [0.4, 0.5) is 0 Å². The van der Waals surface area contributed by atoms with Crippen LogP contribution in [0.25, 0.3) is 0 Å². The molecule has 0 aromatic carbocycles. The Morgan fingerprint density at radius 1 is 1.33 bits per heavy atom. The molecule has 0 aliphatic heterocycles. The molecule has 1 atom stereocenters. The second-order valence-corrected chi connectivity index (χ2v) is 5.13. The van der Waals surface area contributed by atoms with Crippen molar-refractivity contribution in [2.45, 2.75) is 51.1 Å². The van der Waals surface area contributed by atoms with Crippen LogP contribution in [0.3, 0.4) is 0 Å². The van der Waals surface area contributed by atoms with E-state index in [1.54, 1.807) is 0 Å². The number of hydrogen-bond acceptors (Lipinski definition) is 3. The summed E-state index contributed by atoms with van der Waals surface area (Å²) in [5.74, 6) is 0.911. The second kappa shape index (κ2) is 6.46. The Morgan fingerprint density at radius 2 is 1.93 bits per heavy atom. The zero-order chi connectivity index (χ0) is 11.3. The summed E-state index contributed by atoms with van der Waals surface area (Å²) in [5, 5.41) is 8.85. The first-order valence-electron chi connectivity index (χ1n) is 6.20. The average molecular weight is 214 g/mol. The number of rotatable bonds is 5. The van der Waals surface area contributed by atoms with Crippen molar-refractivity contribution in [3.05, 3.63) is 0 Å². The van der Waals surface area contributed by atoms with Gasteiger partial charge in [0.2, 0.25) is 0 Å². The van der Waals surface area contributed by atoms with Crippen LogP contribution in [0.2, 0.25) is 0 Å². The molecule has 0 radical (unpaired) electrons. The molecular weight excluding hydrogens is 188 g/mol. The summed E-state index contributed by atoms with van der Waals surface area (Å²) >= 11 is 0. The highest BCUT2D eigenvalue weighted by molar-refractivity contribution is 4.77. The van der Waals surface area contributed by atoms with E-state index in [2.05, 4.69) is 18.9 Å². The maximum absolute atomic E-state index is 8.85. The SMILES string of the molecule is CC1CCC(N(C)CCC(N)CO)CC1. The van der Waals surface area contributed by atoms with Crippen LogP contribution >= 0.6 is 0 Å². The van der Waals surface area contributed by atoms with E-state index in [-0.39, 0.29) is 12.6 Å². The molecule has 1 aliphatic carbocycles. The second-order valence-electron chi connectivity index (χ2n) is 5.13. The maximum atomic E-state index is 8.85. The van der Waals surface area contributed by atoms with E-state index in [4.69, 9.17) is 10.8 Å². The Bertz CT molecular complexity index is 167. The molecule has 1 unspecified atom stereocenters. The molecule has 0 saturated heterocycles. The Labute approximate surface area is 93.6 Å². The van der Waals surface area contributed by atoms with Crippen LogP contribution in [0.15, 0.2) is 0 Å². The topological polar surface area (TPSA) is 49.5 Å². The molecule has 0 amide bonds. The molecule has 1 aliphatic rings. The molecular formula is C12H26N2O. The highest BCUT2D eigenvalue weighted by atomic mass is 16.3. The van der Waals surface area contributed by atoms with Gasteiger partial charge in [0.25, 0.3) is 0 Å². The largest absolute Gasteiger partial charge is 0.395 e. The van der Waals surface area contributed by atoms with Crippen molar-refractivity contribution in [1.82, 2.24) is 4.90 Å². The molecule has 1 saturated carbocycles. The lowest BCUT2D eigenvalue weighted by Gasteiger charge is -2.34. The van der Waals surface area contributed by atoms with Crippen molar-refractivity contribution in [2.75, 3.05) is 20.2 Å². The van der Waals surface area contributed by atoms with Gasteiger partial charge in [-0.1, -0.05) is 6.92 Å². The molecule has 0 aromatic heterocycles. The molecule has 3 N–H and O–H groups in total. The van der Waals surface area contributed by atoms with Gasteiger partial charge in [-0.15, -0.1) is 0 Å². The predicted octanol–water partition coefficient (Wildman–Crippen LogP) is 1.21. The molecule has 15 heavy (non-hydrogen) atoms. The molecule has 0 bridgehead atoms. The van der Waals surface area contributed by atoms with E-state index < -0.39 is 0 Å². The first kappa shape index (κ1) is 12.9. The van der Waals surface area contributed by atoms with Gasteiger partial charge in [0, 0.05) is 12.1 Å². The maximum Gasteiger partial charge on any atom is 0.0583 e. The van der Waals surface area contributed by atoms with Crippen molar-refractivity contribution < 1.29 is 5.11 Å². The fraction of sp³-hybridized carbons (Fsp3) is 1.00. The monoisotopic (exact) mass is 214 g/mol. The Hall–Kier alpha value is -0.120. The Balaban J connectivity index is 2.19. The minimum atomic E-state index is -0.0463. The van der Waals surface area contributed by atoms with E-state index in [1.807, 2.05) is 0 Å². The van der Waals surface area contributed by atoms with Gasteiger partial charge < -0.3 is 15.7 Å². The summed E-state index contributed by atoms with van der Waals surface area (Å²) in [7, 11) is 2.19.